The summed E-state index contributed by atoms with van der Waals surface area (Å²) in [6.07, 6.45) is 3.38. The molecule has 0 N–H and O–H groups in total. The molecule has 0 unspecified atom stereocenters. The normalized spacial score (nSPS) is 13.4. The molecule has 1 saturated heterocycles. The summed E-state index contributed by atoms with van der Waals surface area (Å²) in [4.78, 5) is 4.68. The van der Waals surface area contributed by atoms with Crippen LogP contribution in [0.1, 0.15) is 0 Å². The highest BCUT2D eigenvalue weighted by molar-refractivity contribution is 5.64. The maximum atomic E-state index is 5.63. The lowest BCUT2D eigenvalue weighted by atomic mass is 10.2. The van der Waals surface area contributed by atoms with E-state index in [1.807, 2.05) is 52.5 Å². The van der Waals surface area contributed by atoms with Crippen LogP contribution in [0.15, 0.2) is 69.5 Å². The molecule has 5 rings (SSSR count). The molecule has 2 aromatic heterocycles. The third kappa shape index (κ3) is 6.53. The lowest BCUT2D eigenvalue weighted by molar-refractivity contribution is -0.659. The molecule has 0 amide bonds. The van der Waals surface area contributed by atoms with Gasteiger partial charge in [-0.05, 0) is 34.5 Å². The molecule has 224 valence electrons. The summed E-state index contributed by atoms with van der Waals surface area (Å²) in [6.45, 7) is 3.43. The number of aryl methyl sites for hydroxylation is 4. The lowest BCUT2D eigenvalue weighted by Gasteiger charge is -2.37. The van der Waals surface area contributed by atoms with Crippen LogP contribution in [0.25, 0.3) is 0 Å². The van der Waals surface area contributed by atoms with Crippen molar-refractivity contribution in [2.75, 3.05) is 50.2 Å². The van der Waals surface area contributed by atoms with Crippen molar-refractivity contribution in [3.63, 3.8) is 0 Å². The summed E-state index contributed by atoms with van der Waals surface area (Å²) < 4.78 is 18.2. The van der Waals surface area contributed by atoms with E-state index in [1.54, 1.807) is 45.4 Å². The Labute approximate surface area is 247 Å². The van der Waals surface area contributed by atoms with Crippen molar-refractivity contribution in [1.82, 2.24) is 19.6 Å². The van der Waals surface area contributed by atoms with Gasteiger partial charge >= 0.3 is 11.9 Å². The molecule has 14 nitrogen and oxygen atoms in total. The van der Waals surface area contributed by atoms with Gasteiger partial charge in [0.1, 0.15) is 22.9 Å². The van der Waals surface area contributed by atoms with E-state index in [4.69, 9.17) is 9.47 Å². The Morgan fingerprint density at radius 2 is 1.02 bits per heavy atom. The van der Waals surface area contributed by atoms with E-state index in [2.05, 4.69) is 52.6 Å². The number of piperazine rings is 1. The summed E-state index contributed by atoms with van der Waals surface area (Å²) in [5.41, 5.74) is 3.48. The zero-order valence-electron chi connectivity index (χ0n) is 25.6. The molecule has 0 saturated carbocycles. The number of anilines is 2. The number of hydrogen-bond acceptors (Lipinski definition) is 10. The molecule has 0 aliphatic carbocycles. The Kier molecular flexibility index (Phi) is 10.3. The fourth-order valence-corrected chi connectivity index (χ4v) is 4.55. The minimum atomic E-state index is 0. The molecule has 42 heavy (non-hydrogen) atoms. The molecule has 14 heteroatoms. The van der Waals surface area contributed by atoms with Crippen molar-refractivity contribution in [2.24, 2.45) is 48.6 Å². The van der Waals surface area contributed by atoms with Gasteiger partial charge in [0.25, 0.3) is 0 Å². The van der Waals surface area contributed by atoms with Gasteiger partial charge in [-0.1, -0.05) is 10.2 Å². The van der Waals surface area contributed by atoms with Crippen LogP contribution in [0.2, 0.25) is 0 Å². The van der Waals surface area contributed by atoms with E-state index in [-0.39, 0.29) is 14.9 Å². The van der Waals surface area contributed by atoms with Crippen molar-refractivity contribution in [3.8, 4) is 11.5 Å². The molecule has 0 atom stereocenters. The monoisotopic (exact) mass is 576 g/mol. The molecule has 1 fully saturated rings. The molecule has 4 aromatic rings. The van der Waals surface area contributed by atoms with Gasteiger partial charge in [0.2, 0.25) is 12.7 Å². The molecule has 0 spiro atoms. The molecule has 3 heterocycles. The number of ether oxygens (including phenoxy) is 2. The highest BCUT2D eigenvalue weighted by Crippen LogP contribution is 2.35. The summed E-state index contributed by atoms with van der Waals surface area (Å²) in [5.74, 6) is 2.61. The van der Waals surface area contributed by atoms with E-state index in [9.17, 15) is 0 Å². The first-order valence-electron chi connectivity index (χ1n) is 12.8. The Hall–Kier alpha value is -4.88. The van der Waals surface area contributed by atoms with Gasteiger partial charge < -0.3 is 34.1 Å². The number of azo groups is 2. The number of hydrogen-bond donors (Lipinski definition) is 0. The summed E-state index contributed by atoms with van der Waals surface area (Å²) in [7, 11) is 10.7. The van der Waals surface area contributed by atoms with Crippen molar-refractivity contribution in [2.45, 2.75) is 0 Å². The number of benzene rings is 2. The van der Waals surface area contributed by atoms with Crippen LogP contribution >= 0.6 is 0 Å². The molecule has 2 aromatic carbocycles. The summed E-state index contributed by atoms with van der Waals surface area (Å²) in [6, 6.07) is 12.0. The Balaban J connectivity index is 0.00000242. The van der Waals surface area contributed by atoms with Gasteiger partial charge in [-0.3, -0.25) is 0 Å². The average molecular weight is 577 g/mol. The first-order valence-corrected chi connectivity index (χ1v) is 12.8. The summed E-state index contributed by atoms with van der Waals surface area (Å²) in [5, 5.41) is 25.8. The quantitative estimate of drug-likeness (QED) is 0.179. The van der Waals surface area contributed by atoms with Crippen LogP contribution in [-0.4, -0.2) is 60.0 Å². The SMILES string of the molecule is COc1cc(N2CCN(c3ccc(N=Nc4n(C)nc[n+]4C)c(OC)c3)CC2)ccc1N=Nc1n(C)nc[n+]1C.[CH3-].[CH3-]. The van der Waals surface area contributed by atoms with E-state index in [0.29, 0.717) is 34.8 Å². The third-order valence-electron chi connectivity index (χ3n) is 6.84. The fourth-order valence-electron chi connectivity index (χ4n) is 4.55. The smallest absolute Gasteiger partial charge is 0.403 e. The zero-order valence-corrected chi connectivity index (χ0v) is 25.6. The number of nitrogens with zero attached hydrogens (tertiary/aromatic N) is 12. The molecule has 1 aliphatic heterocycles. The molecule has 0 bridgehead atoms. The predicted octanol–water partition coefficient (Wildman–Crippen LogP) is 3.88. The highest BCUT2D eigenvalue weighted by Gasteiger charge is 2.21. The van der Waals surface area contributed by atoms with Crippen LogP contribution in [0.5, 0.6) is 11.5 Å². The summed E-state index contributed by atoms with van der Waals surface area (Å²) >= 11 is 0. The van der Waals surface area contributed by atoms with Crippen molar-refractivity contribution in [3.05, 3.63) is 63.9 Å². The second-order valence-corrected chi connectivity index (χ2v) is 9.42. The van der Waals surface area contributed by atoms with E-state index in [1.165, 1.54) is 0 Å². The van der Waals surface area contributed by atoms with Crippen LogP contribution in [-0.2, 0) is 28.2 Å². The van der Waals surface area contributed by atoms with Crippen LogP contribution in [0, 0.1) is 14.9 Å². The van der Waals surface area contributed by atoms with Gasteiger partial charge in [-0.25, -0.2) is 9.13 Å². The van der Waals surface area contributed by atoms with Crippen molar-refractivity contribution >= 4 is 34.6 Å². The van der Waals surface area contributed by atoms with E-state index >= 15 is 0 Å². The second kappa shape index (κ2) is 13.7. The van der Waals surface area contributed by atoms with Gasteiger partial charge in [0.15, 0.2) is 0 Å². The minimum Gasteiger partial charge on any atom is -0.494 e. The first-order chi connectivity index (χ1) is 19.4. The molecular formula is C28H40N12O2. The Bertz CT molecular complexity index is 1400. The Morgan fingerprint density at radius 3 is 1.33 bits per heavy atom. The van der Waals surface area contributed by atoms with Gasteiger partial charge in [-0.2, -0.15) is 0 Å². The molecule has 0 radical (unpaired) electrons. The standard InChI is InChI=1S/C26H34N12O2.2CH3/c1-33-17-27-35(3)25(33)31-29-21-9-7-19(15-23(21)39-5)37-11-13-38(14-12-37)20-8-10-22(24(16-20)40-6)30-32-26-34(2)18-28-36(26)4;;/h7-10,15-18H,11-14H2,1-6H3;2*1H3/q+2;2*-1. The topological polar surface area (TPSA) is 118 Å². The maximum Gasteiger partial charge on any atom is 0.403 e. The van der Waals surface area contributed by atoms with E-state index in [0.717, 1.165) is 37.6 Å². The lowest BCUT2D eigenvalue weighted by Crippen LogP contribution is -2.46. The number of aromatic nitrogens is 6. The van der Waals surface area contributed by atoms with Gasteiger partial charge in [-0.15, -0.1) is 9.36 Å². The number of methoxy groups -OCH3 is 2. The minimum absolute atomic E-state index is 0. The van der Waals surface area contributed by atoms with Crippen molar-refractivity contribution in [1.29, 1.82) is 0 Å². The predicted molar refractivity (Wildman–Crippen MR) is 160 cm³/mol. The van der Waals surface area contributed by atoms with E-state index < -0.39 is 0 Å². The zero-order chi connectivity index (χ0) is 28.2. The molecule has 1 aliphatic rings. The van der Waals surface area contributed by atoms with Crippen LogP contribution in [0.3, 0.4) is 0 Å². The van der Waals surface area contributed by atoms with Crippen molar-refractivity contribution < 1.29 is 18.6 Å². The second-order valence-electron chi connectivity index (χ2n) is 9.42. The van der Waals surface area contributed by atoms with Gasteiger partial charge in [0, 0.05) is 59.9 Å². The number of rotatable bonds is 8. The Morgan fingerprint density at radius 1 is 0.643 bits per heavy atom. The molecular weight excluding hydrogens is 536 g/mol. The average Bonchev–Trinajstić information content (AvgIpc) is 3.48. The fraction of sp³-hybridized carbons (Fsp3) is 0.357. The highest BCUT2D eigenvalue weighted by atomic mass is 16.5. The maximum absolute atomic E-state index is 5.63. The third-order valence-corrected chi connectivity index (χ3v) is 6.84. The first kappa shape index (κ1) is 31.6. The van der Waals surface area contributed by atoms with Crippen LogP contribution < -0.4 is 28.4 Å². The largest absolute Gasteiger partial charge is 0.494 e. The van der Waals surface area contributed by atoms with Crippen LogP contribution in [0.4, 0.5) is 34.6 Å². The van der Waals surface area contributed by atoms with Gasteiger partial charge in [0.05, 0.1) is 42.4 Å².